The highest BCUT2D eigenvalue weighted by atomic mass is 127. The van der Waals surface area contributed by atoms with E-state index in [4.69, 9.17) is 4.74 Å². The van der Waals surface area contributed by atoms with Crippen LogP contribution in [0, 0.1) is 0 Å². The number of halogens is 4. The molecule has 0 aliphatic heterocycles. The van der Waals surface area contributed by atoms with Crippen LogP contribution in [0.15, 0.2) is 47.7 Å². The fourth-order valence-corrected chi connectivity index (χ4v) is 2.37. The van der Waals surface area contributed by atoms with Gasteiger partial charge in [0, 0.05) is 39.6 Å². The van der Waals surface area contributed by atoms with Gasteiger partial charge >= 0.3 is 6.18 Å². The summed E-state index contributed by atoms with van der Waals surface area (Å²) < 4.78 is 43.0. The number of guanidine groups is 1. The third kappa shape index (κ3) is 9.14. The lowest BCUT2D eigenvalue weighted by atomic mass is 10.1. The maximum absolute atomic E-state index is 12.1. The van der Waals surface area contributed by atoms with Gasteiger partial charge < -0.3 is 19.9 Å². The molecular formula is C18H24F3IN4O. The minimum atomic E-state index is -4.31. The zero-order chi connectivity index (χ0) is 19.0. The van der Waals surface area contributed by atoms with Gasteiger partial charge in [-0.3, -0.25) is 4.99 Å². The number of nitrogens with zero attached hydrogens (tertiary/aromatic N) is 2. The number of aryl methyl sites for hydroxylation is 1. The molecule has 5 nitrogen and oxygen atoms in total. The molecule has 2 aromatic rings. The zero-order valence-electron chi connectivity index (χ0n) is 15.2. The second-order valence-electron chi connectivity index (χ2n) is 5.89. The van der Waals surface area contributed by atoms with Gasteiger partial charge in [-0.25, -0.2) is 0 Å². The van der Waals surface area contributed by atoms with Gasteiger partial charge in [-0.05, 0) is 22.8 Å². The minimum Gasteiger partial charge on any atom is -0.367 e. The molecule has 0 aliphatic carbocycles. The van der Waals surface area contributed by atoms with E-state index in [1.54, 1.807) is 19.2 Å². The highest BCUT2D eigenvalue weighted by Crippen LogP contribution is 2.16. The zero-order valence-corrected chi connectivity index (χ0v) is 17.5. The molecule has 0 radical (unpaired) electrons. The molecule has 2 N–H and O–H groups in total. The molecule has 0 bridgehead atoms. The average Bonchev–Trinajstić information content (AvgIpc) is 3.00. The lowest BCUT2D eigenvalue weighted by Gasteiger charge is -2.12. The summed E-state index contributed by atoms with van der Waals surface area (Å²) in [5.74, 6) is 0.646. The summed E-state index contributed by atoms with van der Waals surface area (Å²) in [6.07, 6.45) is -0.319. The first kappa shape index (κ1) is 23.3. The van der Waals surface area contributed by atoms with Crippen LogP contribution in [0.4, 0.5) is 13.2 Å². The van der Waals surface area contributed by atoms with E-state index in [1.807, 2.05) is 42.2 Å². The van der Waals surface area contributed by atoms with Gasteiger partial charge in [-0.1, -0.05) is 24.3 Å². The van der Waals surface area contributed by atoms with Gasteiger partial charge in [-0.2, -0.15) is 13.2 Å². The van der Waals surface area contributed by atoms with Crippen molar-refractivity contribution in [3.63, 3.8) is 0 Å². The van der Waals surface area contributed by atoms with Gasteiger partial charge in [0.1, 0.15) is 6.61 Å². The molecule has 0 unspecified atom stereocenters. The van der Waals surface area contributed by atoms with E-state index in [2.05, 4.69) is 15.6 Å². The summed E-state index contributed by atoms with van der Waals surface area (Å²) in [6.45, 7) is -0.173. The molecule has 150 valence electrons. The number of hydrogen-bond donors (Lipinski definition) is 2. The molecule has 0 fully saturated rings. The number of aromatic nitrogens is 1. The molecule has 0 spiro atoms. The van der Waals surface area contributed by atoms with Crippen LogP contribution in [0.25, 0.3) is 0 Å². The van der Waals surface area contributed by atoms with Crippen molar-refractivity contribution in [3.05, 3.63) is 59.4 Å². The Labute approximate surface area is 174 Å². The van der Waals surface area contributed by atoms with Gasteiger partial charge in [-0.15, -0.1) is 24.0 Å². The fraction of sp³-hybridized carbons (Fsp3) is 0.389. The Balaban J connectivity index is 0.00000364. The van der Waals surface area contributed by atoms with Crippen molar-refractivity contribution >= 4 is 29.9 Å². The second-order valence-corrected chi connectivity index (χ2v) is 5.89. The smallest absolute Gasteiger partial charge is 0.367 e. The van der Waals surface area contributed by atoms with Crippen molar-refractivity contribution in [2.75, 3.05) is 13.7 Å². The standard InChI is InChI=1S/C18H23F3N4O.HI/c1-22-17(24-10-16-6-7-25(2)11-16)23-9-14-4-3-5-15(8-14)12-26-13-18(19,20)21;/h3-8,11H,9-10,12-13H2,1-2H3,(H2,22,23,24);1H. The molecule has 0 aliphatic rings. The average molecular weight is 496 g/mol. The van der Waals surface area contributed by atoms with E-state index in [-0.39, 0.29) is 30.6 Å². The summed E-state index contributed by atoms with van der Waals surface area (Å²) in [4.78, 5) is 4.16. The number of aliphatic imine (C=N–C) groups is 1. The highest BCUT2D eigenvalue weighted by molar-refractivity contribution is 14.0. The first-order valence-electron chi connectivity index (χ1n) is 8.13. The molecule has 2 rings (SSSR count). The third-order valence-electron chi connectivity index (χ3n) is 3.56. The van der Waals surface area contributed by atoms with E-state index in [0.29, 0.717) is 24.6 Å². The topological polar surface area (TPSA) is 50.6 Å². The van der Waals surface area contributed by atoms with Crippen molar-refractivity contribution in [3.8, 4) is 0 Å². The molecule has 0 atom stereocenters. The monoisotopic (exact) mass is 496 g/mol. The predicted molar refractivity (Wildman–Crippen MR) is 110 cm³/mol. The van der Waals surface area contributed by atoms with E-state index in [9.17, 15) is 13.2 Å². The van der Waals surface area contributed by atoms with Crippen LogP contribution in [0.1, 0.15) is 16.7 Å². The first-order valence-corrected chi connectivity index (χ1v) is 8.13. The molecule has 27 heavy (non-hydrogen) atoms. The molecule has 0 saturated heterocycles. The Bertz CT molecular complexity index is 731. The van der Waals surface area contributed by atoms with E-state index >= 15 is 0 Å². The van der Waals surface area contributed by atoms with E-state index in [1.165, 1.54) is 0 Å². The fourth-order valence-electron chi connectivity index (χ4n) is 2.37. The Morgan fingerprint density at radius 3 is 2.37 bits per heavy atom. The lowest BCUT2D eigenvalue weighted by molar-refractivity contribution is -0.176. The summed E-state index contributed by atoms with van der Waals surface area (Å²) in [7, 11) is 3.64. The number of rotatable bonds is 7. The van der Waals surface area contributed by atoms with E-state index in [0.717, 1.165) is 11.1 Å². The Morgan fingerprint density at radius 1 is 1.11 bits per heavy atom. The van der Waals surface area contributed by atoms with Gasteiger partial charge in [0.25, 0.3) is 0 Å². The third-order valence-corrected chi connectivity index (χ3v) is 3.56. The second kappa shape index (κ2) is 11.2. The summed E-state index contributed by atoms with van der Waals surface area (Å²) in [5, 5.41) is 6.39. The van der Waals surface area contributed by atoms with Crippen molar-refractivity contribution in [1.29, 1.82) is 0 Å². The first-order chi connectivity index (χ1) is 12.4. The largest absolute Gasteiger partial charge is 0.411 e. The van der Waals surface area contributed by atoms with Crippen LogP contribution < -0.4 is 10.6 Å². The van der Waals surface area contributed by atoms with E-state index < -0.39 is 12.8 Å². The summed E-state index contributed by atoms with van der Waals surface area (Å²) >= 11 is 0. The van der Waals surface area contributed by atoms with Crippen LogP contribution in [-0.2, 0) is 31.5 Å². The molecule has 1 aromatic carbocycles. The van der Waals surface area contributed by atoms with Crippen LogP contribution in [0.5, 0.6) is 0 Å². The Hall–Kier alpha value is -1.75. The quantitative estimate of drug-likeness (QED) is 0.350. The summed E-state index contributed by atoms with van der Waals surface area (Å²) in [5.41, 5.74) is 2.76. The van der Waals surface area contributed by atoms with Gasteiger partial charge in [0.05, 0.1) is 6.61 Å². The predicted octanol–water partition coefficient (Wildman–Crippen LogP) is 3.59. The number of ether oxygens (including phenoxy) is 1. The normalized spacial score (nSPS) is 11.8. The van der Waals surface area contributed by atoms with Crippen LogP contribution in [-0.4, -0.2) is 30.4 Å². The molecular weight excluding hydrogens is 472 g/mol. The number of benzene rings is 1. The van der Waals surface area contributed by atoms with Gasteiger partial charge in [0.15, 0.2) is 5.96 Å². The van der Waals surface area contributed by atoms with Crippen molar-refractivity contribution in [2.24, 2.45) is 12.0 Å². The summed E-state index contributed by atoms with van der Waals surface area (Å²) in [6, 6.07) is 9.26. The van der Waals surface area contributed by atoms with Crippen molar-refractivity contribution in [2.45, 2.75) is 25.9 Å². The number of alkyl halides is 3. The number of nitrogens with one attached hydrogen (secondary N) is 2. The maximum atomic E-state index is 12.1. The maximum Gasteiger partial charge on any atom is 0.411 e. The molecule has 0 amide bonds. The molecule has 1 aromatic heterocycles. The van der Waals surface area contributed by atoms with Crippen molar-refractivity contribution in [1.82, 2.24) is 15.2 Å². The Kier molecular flexibility index (Phi) is 9.64. The minimum absolute atomic E-state index is 0. The van der Waals surface area contributed by atoms with Crippen molar-refractivity contribution < 1.29 is 17.9 Å². The highest BCUT2D eigenvalue weighted by Gasteiger charge is 2.27. The molecule has 0 saturated carbocycles. The lowest BCUT2D eigenvalue weighted by Crippen LogP contribution is -2.36. The SMILES string of the molecule is CN=C(NCc1cccc(COCC(F)(F)F)c1)NCc1ccn(C)c1.I. The molecule has 9 heteroatoms. The van der Waals surface area contributed by atoms with Crippen LogP contribution in [0.2, 0.25) is 0 Å². The Morgan fingerprint density at radius 2 is 1.78 bits per heavy atom. The molecule has 1 heterocycles. The van der Waals surface area contributed by atoms with Crippen LogP contribution >= 0.6 is 24.0 Å². The number of hydrogen-bond acceptors (Lipinski definition) is 2. The van der Waals surface area contributed by atoms with Crippen LogP contribution in [0.3, 0.4) is 0 Å². The van der Waals surface area contributed by atoms with Gasteiger partial charge in [0.2, 0.25) is 0 Å².